The summed E-state index contributed by atoms with van der Waals surface area (Å²) in [6, 6.07) is 17.2. The zero-order valence-electron chi connectivity index (χ0n) is 14.1. The number of halogens is 1. The number of aryl methyl sites for hydroxylation is 1. The lowest BCUT2D eigenvalue weighted by Gasteiger charge is -2.04. The molecule has 2 nitrogen and oxygen atoms in total. The van der Waals surface area contributed by atoms with Gasteiger partial charge in [-0.15, -0.1) is 0 Å². The smallest absolute Gasteiger partial charge is 0.226 e. The highest BCUT2D eigenvalue weighted by molar-refractivity contribution is 14.1. The van der Waals surface area contributed by atoms with Crippen molar-refractivity contribution in [3.05, 3.63) is 87.8 Å². The van der Waals surface area contributed by atoms with E-state index in [-0.39, 0.29) is 0 Å². The molecule has 0 atom stereocenters. The molecule has 0 saturated carbocycles. The van der Waals surface area contributed by atoms with Crippen LogP contribution in [0.15, 0.2) is 72.8 Å². The number of benzene rings is 2. The number of para-hydroxylation sites is 2. The maximum atomic E-state index is 2.42. The molecule has 25 heavy (non-hydrogen) atoms. The van der Waals surface area contributed by atoms with Gasteiger partial charge in [0.05, 0.1) is 7.05 Å². The standard InChI is InChI=1S/C22H20IN2/c1-24-20-8-4-5-9-21(20)25(16-18-6-2-3-7-18)22(24)15-12-17-10-13-19(23)14-11-17/h2-15,18H,16H2,1H3/q+1/b15-12+. The van der Waals surface area contributed by atoms with Crippen LogP contribution in [0.1, 0.15) is 11.4 Å². The van der Waals surface area contributed by atoms with Crippen LogP contribution in [0.4, 0.5) is 0 Å². The van der Waals surface area contributed by atoms with E-state index in [0.29, 0.717) is 5.92 Å². The Labute approximate surface area is 161 Å². The van der Waals surface area contributed by atoms with Crippen LogP contribution in [0.2, 0.25) is 0 Å². The van der Waals surface area contributed by atoms with Gasteiger partial charge in [0.15, 0.2) is 11.0 Å². The molecule has 1 aliphatic rings. The van der Waals surface area contributed by atoms with Crippen LogP contribution in [-0.4, -0.2) is 4.57 Å². The molecule has 0 spiro atoms. The maximum absolute atomic E-state index is 2.42. The van der Waals surface area contributed by atoms with Crippen LogP contribution in [-0.2, 0) is 13.6 Å². The second-order valence-corrected chi connectivity index (χ2v) is 7.58. The van der Waals surface area contributed by atoms with Crippen molar-refractivity contribution in [1.29, 1.82) is 0 Å². The summed E-state index contributed by atoms with van der Waals surface area (Å²) >= 11 is 2.34. The zero-order chi connectivity index (χ0) is 17.2. The van der Waals surface area contributed by atoms with Gasteiger partial charge in [-0.05, 0) is 58.5 Å². The van der Waals surface area contributed by atoms with Gasteiger partial charge in [-0.1, -0.05) is 48.6 Å². The first-order chi connectivity index (χ1) is 12.2. The summed E-state index contributed by atoms with van der Waals surface area (Å²) in [6.45, 7) is 0.959. The summed E-state index contributed by atoms with van der Waals surface area (Å²) < 4.78 is 5.96. The number of aromatic nitrogens is 2. The van der Waals surface area contributed by atoms with Gasteiger partial charge in [-0.3, -0.25) is 0 Å². The van der Waals surface area contributed by atoms with Gasteiger partial charge in [0.1, 0.15) is 6.54 Å². The van der Waals surface area contributed by atoms with E-state index in [1.165, 1.54) is 26.0 Å². The fourth-order valence-corrected chi connectivity index (χ4v) is 3.71. The van der Waals surface area contributed by atoms with E-state index in [9.17, 15) is 0 Å². The Morgan fingerprint density at radius 1 is 1.00 bits per heavy atom. The summed E-state index contributed by atoms with van der Waals surface area (Å²) in [7, 11) is 2.15. The molecule has 0 aliphatic heterocycles. The fourth-order valence-electron chi connectivity index (χ4n) is 3.35. The molecule has 1 heterocycles. The lowest BCUT2D eigenvalue weighted by atomic mass is 10.1. The average molecular weight is 439 g/mol. The van der Waals surface area contributed by atoms with Gasteiger partial charge < -0.3 is 0 Å². The molecule has 124 valence electrons. The van der Waals surface area contributed by atoms with Gasteiger partial charge >= 0.3 is 0 Å². The minimum absolute atomic E-state index is 0.459. The van der Waals surface area contributed by atoms with Crippen molar-refractivity contribution in [2.75, 3.05) is 0 Å². The number of hydrogen-bond acceptors (Lipinski definition) is 0. The number of rotatable bonds is 4. The first-order valence-electron chi connectivity index (χ1n) is 8.48. The normalized spacial score (nSPS) is 14.3. The van der Waals surface area contributed by atoms with Crippen LogP contribution in [0.3, 0.4) is 0 Å². The molecular formula is C22H20IN2+. The van der Waals surface area contributed by atoms with Crippen molar-refractivity contribution < 1.29 is 4.57 Å². The summed E-state index contributed by atoms with van der Waals surface area (Å²) in [5.41, 5.74) is 3.76. The Morgan fingerprint density at radius 3 is 2.48 bits per heavy atom. The number of imidazole rings is 1. The van der Waals surface area contributed by atoms with Gasteiger partial charge in [0.25, 0.3) is 5.82 Å². The van der Waals surface area contributed by atoms with Gasteiger partial charge in [0, 0.05) is 15.6 Å². The minimum atomic E-state index is 0.459. The summed E-state index contributed by atoms with van der Waals surface area (Å²) in [5, 5.41) is 0. The van der Waals surface area contributed by atoms with E-state index < -0.39 is 0 Å². The quantitative estimate of drug-likeness (QED) is 0.401. The number of allylic oxidation sites excluding steroid dienone is 4. The lowest BCUT2D eigenvalue weighted by molar-refractivity contribution is -0.647. The van der Waals surface area contributed by atoms with E-state index in [1.807, 2.05) is 0 Å². The minimum Gasteiger partial charge on any atom is -0.226 e. The topological polar surface area (TPSA) is 8.81 Å². The molecule has 0 unspecified atom stereocenters. The second kappa shape index (κ2) is 7.00. The highest BCUT2D eigenvalue weighted by atomic mass is 127. The van der Waals surface area contributed by atoms with Crippen molar-refractivity contribution in [2.24, 2.45) is 13.0 Å². The third kappa shape index (κ3) is 3.33. The first-order valence-corrected chi connectivity index (χ1v) is 9.56. The Morgan fingerprint density at radius 2 is 1.72 bits per heavy atom. The predicted octanol–water partition coefficient (Wildman–Crippen LogP) is 4.98. The second-order valence-electron chi connectivity index (χ2n) is 6.34. The summed E-state index contributed by atoms with van der Waals surface area (Å²) in [4.78, 5) is 0. The van der Waals surface area contributed by atoms with Crippen LogP contribution >= 0.6 is 22.6 Å². The first kappa shape index (κ1) is 16.3. The molecule has 2 aromatic carbocycles. The Kier molecular flexibility index (Phi) is 4.57. The Hall–Kier alpha value is -2.14. The lowest BCUT2D eigenvalue weighted by Crippen LogP contribution is -2.31. The molecule has 3 aromatic rings. The van der Waals surface area contributed by atoms with Crippen molar-refractivity contribution >= 4 is 45.8 Å². The molecule has 0 N–H and O–H groups in total. The molecule has 1 aromatic heterocycles. The Balaban J connectivity index is 1.78. The SMILES string of the molecule is C[n+]1c(/C=C/c2ccc(I)cc2)n(CC2C=CC=C2)c2ccccc21. The highest BCUT2D eigenvalue weighted by Crippen LogP contribution is 2.20. The van der Waals surface area contributed by atoms with Gasteiger partial charge in [-0.2, -0.15) is 0 Å². The summed E-state index contributed by atoms with van der Waals surface area (Å²) in [5.74, 6) is 1.68. The monoisotopic (exact) mass is 439 g/mol. The molecule has 0 fully saturated rings. The molecule has 0 radical (unpaired) electrons. The molecular weight excluding hydrogens is 419 g/mol. The van der Waals surface area contributed by atoms with E-state index in [1.54, 1.807) is 0 Å². The van der Waals surface area contributed by atoms with Crippen LogP contribution in [0, 0.1) is 9.49 Å². The third-order valence-electron chi connectivity index (χ3n) is 4.67. The van der Waals surface area contributed by atoms with Crippen molar-refractivity contribution in [1.82, 2.24) is 4.57 Å². The van der Waals surface area contributed by atoms with Crippen LogP contribution in [0.25, 0.3) is 23.2 Å². The van der Waals surface area contributed by atoms with Gasteiger partial charge in [-0.25, -0.2) is 9.13 Å². The third-order valence-corrected chi connectivity index (χ3v) is 5.39. The predicted molar refractivity (Wildman–Crippen MR) is 113 cm³/mol. The average Bonchev–Trinajstić information content (AvgIpc) is 3.23. The van der Waals surface area contributed by atoms with Crippen LogP contribution < -0.4 is 4.57 Å². The molecule has 0 bridgehead atoms. The van der Waals surface area contributed by atoms with Gasteiger partial charge in [0.2, 0.25) is 0 Å². The summed E-state index contributed by atoms with van der Waals surface area (Å²) in [6.07, 6.45) is 13.2. The fraction of sp³-hybridized carbons (Fsp3) is 0.136. The Bertz CT molecular complexity index is 979. The molecule has 0 amide bonds. The van der Waals surface area contributed by atoms with Crippen molar-refractivity contribution in [3.8, 4) is 0 Å². The number of fused-ring (bicyclic) bond motifs is 1. The molecule has 4 rings (SSSR count). The van der Waals surface area contributed by atoms with Crippen LogP contribution in [0.5, 0.6) is 0 Å². The largest absolute Gasteiger partial charge is 0.282 e. The zero-order valence-corrected chi connectivity index (χ0v) is 16.3. The maximum Gasteiger partial charge on any atom is 0.282 e. The number of nitrogens with zero attached hydrogens (tertiary/aromatic N) is 2. The highest BCUT2D eigenvalue weighted by Gasteiger charge is 2.22. The van der Waals surface area contributed by atoms with E-state index >= 15 is 0 Å². The number of hydrogen-bond donors (Lipinski definition) is 0. The van der Waals surface area contributed by atoms with E-state index in [0.717, 1.165) is 6.54 Å². The van der Waals surface area contributed by atoms with E-state index in [4.69, 9.17) is 0 Å². The molecule has 1 aliphatic carbocycles. The molecule has 3 heteroatoms. The van der Waals surface area contributed by atoms with Crippen molar-refractivity contribution in [2.45, 2.75) is 6.54 Å². The van der Waals surface area contributed by atoms with Crippen molar-refractivity contribution in [3.63, 3.8) is 0 Å². The van der Waals surface area contributed by atoms with E-state index in [2.05, 4.69) is 124 Å². The molecule has 0 saturated heterocycles.